The van der Waals surface area contributed by atoms with Crippen LogP contribution < -0.4 is 5.56 Å². The van der Waals surface area contributed by atoms with Gasteiger partial charge >= 0.3 is 0 Å². The van der Waals surface area contributed by atoms with Crippen LogP contribution in [-0.2, 0) is 4.74 Å². The number of Topliss-reactive ketones (excluding diaryl/α,β-unsaturated/α-hetero) is 1. The van der Waals surface area contributed by atoms with Crippen LogP contribution in [0.1, 0.15) is 102 Å². The zero-order valence-corrected chi connectivity index (χ0v) is 25.7. The molecule has 2 N–H and O–H groups in total. The Morgan fingerprint density at radius 3 is 2.38 bits per heavy atom. The largest absolute Gasteiger partial charge is 0.378 e. The second-order valence-corrected chi connectivity index (χ2v) is 10.1. The summed E-state index contributed by atoms with van der Waals surface area (Å²) in [6, 6.07) is 1.59. The fourth-order valence-corrected chi connectivity index (χ4v) is 4.45. The molecule has 3 aromatic heterocycles. The van der Waals surface area contributed by atoms with E-state index in [4.69, 9.17) is 4.74 Å². The Labute approximate surface area is 238 Å². The molecule has 3 aromatic rings. The van der Waals surface area contributed by atoms with E-state index in [1.54, 1.807) is 12.1 Å². The van der Waals surface area contributed by atoms with Crippen molar-refractivity contribution in [2.45, 2.75) is 93.1 Å². The Kier molecular flexibility index (Phi) is 16.6. The number of aryl methyl sites for hydroxylation is 1. The van der Waals surface area contributed by atoms with Crippen LogP contribution in [0.15, 0.2) is 47.4 Å². The zero-order chi connectivity index (χ0) is 29.2. The van der Waals surface area contributed by atoms with Crippen LogP contribution in [0.5, 0.6) is 0 Å². The van der Waals surface area contributed by atoms with Gasteiger partial charge in [-0.25, -0.2) is 4.98 Å². The maximum atomic E-state index is 12.1. The summed E-state index contributed by atoms with van der Waals surface area (Å²) >= 11 is 1.37. The second-order valence-electron chi connectivity index (χ2n) is 9.28. The van der Waals surface area contributed by atoms with Gasteiger partial charge in [0, 0.05) is 46.8 Å². The smallest absolute Gasteiger partial charge is 0.258 e. The van der Waals surface area contributed by atoms with E-state index < -0.39 is 0 Å². The molecule has 0 bridgehead atoms. The van der Waals surface area contributed by atoms with Crippen molar-refractivity contribution in [3.8, 4) is 21.8 Å². The summed E-state index contributed by atoms with van der Waals surface area (Å²) in [5, 5.41) is 2.49. The van der Waals surface area contributed by atoms with Crippen molar-refractivity contribution in [1.82, 2.24) is 15.0 Å². The average molecular weight is 554 g/mol. The molecule has 0 aliphatic rings. The van der Waals surface area contributed by atoms with Crippen molar-refractivity contribution in [1.29, 1.82) is 0 Å². The number of carbonyl (C=O) groups excluding carboxylic acids is 1. The third-order valence-corrected chi connectivity index (χ3v) is 6.73. The minimum absolute atomic E-state index is 0.104. The van der Waals surface area contributed by atoms with Gasteiger partial charge in [0.1, 0.15) is 5.01 Å². The van der Waals surface area contributed by atoms with E-state index in [0.29, 0.717) is 22.2 Å². The highest BCUT2D eigenvalue weighted by Gasteiger charge is 2.15. The maximum Gasteiger partial charge on any atom is 0.258 e. The number of aromatic nitrogens is 3. The molecule has 0 saturated carbocycles. The van der Waals surface area contributed by atoms with E-state index in [2.05, 4.69) is 56.1 Å². The Bertz CT molecular complexity index is 1220. The van der Waals surface area contributed by atoms with Crippen LogP contribution in [0.25, 0.3) is 27.9 Å². The van der Waals surface area contributed by atoms with Crippen molar-refractivity contribution < 1.29 is 9.53 Å². The molecule has 3 rings (SSSR count). The number of H-pyrrole nitrogens is 2. The number of carbonyl (C=O) groups is 1. The summed E-state index contributed by atoms with van der Waals surface area (Å²) in [4.78, 5) is 34.1. The molecule has 0 amide bonds. The first-order chi connectivity index (χ1) is 18.8. The van der Waals surface area contributed by atoms with E-state index in [-0.39, 0.29) is 11.3 Å². The minimum atomic E-state index is -0.261. The number of pyridine rings is 1. The van der Waals surface area contributed by atoms with E-state index >= 15 is 0 Å². The first-order valence-electron chi connectivity index (χ1n) is 14.1. The molecular formula is C32H47N3O3S. The summed E-state index contributed by atoms with van der Waals surface area (Å²) in [5.41, 5.74) is 4.39. The number of ketones is 1. The molecule has 0 radical (unpaired) electrons. The van der Waals surface area contributed by atoms with E-state index in [0.717, 1.165) is 42.0 Å². The van der Waals surface area contributed by atoms with Gasteiger partial charge in [0.15, 0.2) is 5.78 Å². The highest BCUT2D eigenvalue weighted by Crippen LogP contribution is 2.31. The molecular weight excluding hydrogens is 506 g/mol. The molecule has 0 aliphatic heterocycles. The lowest BCUT2D eigenvalue weighted by atomic mass is 10.1. The van der Waals surface area contributed by atoms with E-state index in [1.165, 1.54) is 50.1 Å². The first kappa shape index (κ1) is 34.0. The minimum Gasteiger partial charge on any atom is -0.378 e. The van der Waals surface area contributed by atoms with Gasteiger partial charge in [-0.3, -0.25) is 9.59 Å². The second kappa shape index (κ2) is 19.1. The van der Waals surface area contributed by atoms with Gasteiger partial charge in [-0.2, -0.15) is 0 Å². The van der Waals surface area contributed by atoms with Crippen LogP contribution in [0.4, 0.5) is 0 Å². The lowest BCUT2D eigenvalue weighted by Crippen LogP contribution is -2.10. The van der Waals surface area contributed by atoms with Crippen molar-refractivity contribution in [2.75, 3.05) is 6.61 Å². The summed E-state index contributed by atoms with van der Waals surface area (Å²) in [5.74, 6) is -0.104. The Morgan fingerprint density at radius 2 is 1.79 bits per heavy atom. The predicted molar refractivity (Wildman–Crippen MR) is 168 cm³/mol. The summed E-state index contributed by atoms with van der Waals surface area (Å²) < 4.78 is 5.64. The van der Waals surface area contributed by atoms with Gasteiger partial charge in [0.2, 0.25) is 0 Å². The van der Waals surface area contributed by atoms with Gasteiger partial charge in [-0.15, -0.1) is 11.3 Å². The predicted octanol–water partition coefficient (Wildman–Crippen LogP) is 9.00. The highest BCUT2D eigenvalue weighted by atomic mass is 32.1. The lowest BCUT2D eigenvalue weighted by Gasteiger charge is -2.12. The van der Waals surface area contributed by atoms with Crippen molar-refractivity contribution in [2.24, 2.45) is 0 Å². The number of nitrogens with one attached hydrogen (secondary N) is 2. The van der Waals surface area contributed by atoms with Crippen LogP contribution in [0, 0.1) is 6.92 Å². The van der Waals surface area contributed by atoms with Gasteiger partial charge in [0.25, 0.3) is 5.56 Å². The molecule has 0 atom stereocenters. The van der Waals surface area contributed by atoms with Gasteiger partial charge in [-0.1, -0.05) is 78.7 Å². The first-order valence-corrected chi connectivity index (χ1v) is 14.9. The number of allylic oxidation sites excluding steroid dienone is 2. The Morgan fingerprint density at radius 1 is 1.10 bits per heavy atom. The Hall–Kier alpha value is -3.03. The molecule has 0 spiro atoms. The molecule has 0 aliphatic carbocycles. The number of aromatic amines is 2. The fraction of sp³-hybridized carbons (Fsp3) is 0.469. The molecule has 6 nitrogen and oxygen atoms in total. The molecule has 39 heavy (non-hydrogen) atoms. The van der Waals surface area contributed by atoms with Crippen LogP contribution in [0.2, 0.25) is 0 Å². The van der Waals surface area contributed by atoms with Gasteiger partial charge in [0.05, 0.1) is 17.4 Å². The molecule has 214 valence electrons. The third kappa shape index (κ3) is 11.3. The van der Waals surface area contributed by atoms with Gasteiger partial charge in [-0.05, 0) is 39.2 Å². The number of rotatable bonds is 12. The SMILES string of the molecule is C=C/C=C\c1c(-c2csc(-c3cc(C(C)=O)c[nH]c3=O)n2)c[nH]c1C.CCC.CCCCCOC(CC)CC. The number of thiazole rings is 1. The number of hydrogen-bond acceptors (Lipinski definition) is 5. The summed E-state index contributed by atoms with van der Waals surface area (Å²) in [6.07, 6.45) is 16.8. The fourth-order valence-electron chi connectivity index (χ4n) is 3.62. The molecule has 0 unspecified atom stereocenters. The Balaban J connectivity index is 0.000000457. The van der Waals surface area contributed by atoms with Crippen molar-refractivity contribution in [3.05, 3.63) is 69.7 Å². The molecule has 3 heterocycles. The molecule has 0 fully saturated rings. The van der Waals surface area contributed by atoms with Crippen LogP contribution in [-0.4, -0.2) is 33.4 Å². The quantitative estimate of drug-likeness (QED) is 0.133. The van der Waals surface area contributed by atoms with Crippen molar-refractivity contribution >= 4 is 23.2 Å². The normalized spacial score (nSPS) is 10.7. The van der Waals surface area contributed by atoms with Gasteiger partial charge < -0.3 is 14.7 Å². The number of unbranched alkanes of at least 4 members (excludes halogenated alkanes) is 2. The average Bonchev–Trinajstić information content (AvgIpc) is 3.55. The van der Waals surface area contributed by atoms with Crippen molar-refractivity contribution in [3.63, 3.8) is 0 Å². The number of ether oxygens (including phenoxy) is 1. The zero-order valence-electron chi connectivity index (χ0n) is 24.9. The lowest BCUT2D eigenvalue weighted by molar-refractivity contribution is 0.0459. The highest BCUT2D eigenvalue weighted by molar-refractivity contribution is 7.13. The van der Waals surface area contributed by atoms with Crippen LogP contribution in [0.3, 0.4) is 0 Å². The van der Waals surface area contributed by atoms with Crippen LogP contribution >= 0.6 is 11.3 Å². The molecule has 0 aromatic carbocycles. The maximum absolute atomic E-state index is 12.1. The number of hydrogen-bond donors (Lipinski definition) is 2. The third-order valence-electron chi connectivity index (χ3n) is 5.86. The number of nitrogens with zero attached hydrogens (tertiary/aromatic N) is 1. The summed E-state index contributed by atoms with van der Waals surface area (Å²) in [6.45, 7) is 18.9. The molecule has 7 heteroatoms. The molecule has 0 saturated heterocycles. The summed E-state index contributed by atoms with van der Waals surface area (Å²) in [7, 11) is 0. The van der Waals surface area contributed by atoms with E-state index in [1.807, 2.05) is 30.7 Å². The van der Waals surface area contributed by atoms with E-state index in [9.17, 15) is 9.59 Å². The standard InChI is InChI=1S/C19H17N3O2S.C10H22O.C3H8/c1-4-5-6-14-11(2)20-9-16(14)17-10-25-19(22-17)15-7-13(12(3)23)8-21-18(15)24;1-4-7-8-9-11-10(5-2)6-3;1-3-2/h4-10,20H,1H2,2-3H3,(H,21,24);10H,4-9H2,1-3H3;3H2,1-2H3/b6-5-;;. The monoisotopic (exact) mass is 553 g/mol. The topological polar surface area (TPSA) is 87.8 Å².